The van der Waals surface area contributed by atoms with Gasteiger partial charge in [0.15, 0.2) is 0 Å². The second kappa shape index (κ2) is 6.98. The molecule has 0 radical (unpaired) electrons. The van der Waals surface area contributed by atoms with Crippen LogP contribution in [-0.4, -0.2) is 37.0 Å². The van der Waals surface area contributed by atoms with E-state index in [2.05, 4.69) is 5.32 Å². The molecule has 0 aliphatic carbocycles. The molecule has 1 aliphatic rings. The molecule has 5 heteroatoms. The van der Waals surface area contributed by atoms with Crippen LogP contribution in [-0.2, 0) is 0 Å². The number of carbonyl (C=O) groups excluding carboxylic acids is 1. The summed E-state index contributed by atoms with van der Waals surface area (Å²) in [6.45, 7) is 5.39. The van der Waals surface area contributed by atoms with Gasteiger partial charge >= 0.3 is 0 Å². The van der Waals surface area contributed by atoms with Gasteiger partial charge in [-0.1, -0.05) is 11.6 Å². The van der Waals surface area contributed by atoms with Crippen molar-refractivity contribution >= 4 is 29.9 Å². The first kappa shape index (κ1) is 15.3. The summed E-state index contributed by atoms with van der Waals surface area (Å²) >= 11 is 5.96. The third kappa shape index (κ3) is 3.61. The van der Waals surface area contributed by atoms with Crippen LogP contribution in [0.2, 0.25) is 5.02 Å². The summed E-state index contributed by atoms with van der Waals surface area (Å²) < 4.78 is 0. The summed E-state index contributed by atoms with van der Waals surface area (Å²) in [7, 11) is 0. The Morgan fingerprint density at radius 2 is 2.11 bits per heavy atom. The van der Waals surface area contributed by atoms with Crippen molar-refractivity contribution in [2.45, 2.75) is 13.3 Å². The highest BCUT2D eigenvalue weighted by atomic mass is 35.5. The Labute approximate surface area is 119 Å². The fourth-order valence-corrected chi connectivity index (χ4v) is 2.13. The number of halogens is 2. The zero-order valence-electron chi connectivity index (χ0n) is 10.4. The summed E-state index contributed by atoms with van der Waals surface area (Å²) in [5.41, 5.74) is 1.68. The number of carbonyl (C=O) groups is 1. The lowest BCUT2D eigenvalue weighted by Crippen LogP contribution is -2.34. The average molecular weight is 289 g/mol. The van der Waals surface area contributed by atoms with Crippen LogP contribution in [0.3, 0.4) is 0 Å². The summed E-state index contributed by atoms with van der Waals surface area (Å²) in [4.78, 5) is 14.2. The molecule has 1 fully saturated rings. The first-order valence-corrected chi connectivity index (χ1v) is 6.32. The average Bonchev–Trinajstić information content (AvgIpc) is 2.60. The molecule has 100 valence electrons. The van der Waals surface area contributed by atoms with Crippen molar-refractivity contribution in [1.29, 1.82) is 0 Å². The quantitative estimate of drug-likeness (QED) is 0.861. The van der Waals surface area contributed by atoms with Gasteiger partial charge in [-0.2, -0.15) is 0 Å². The summed E-state index contributed by atoms with van der Waals surface area (Å²) in [5, 5.41) is 4.00. The monoisotopic (exact) mass is 288 g/mol. The molecule has 3 nitrogen and oxygen atoms in total. The maximum Gasteiger partial charge on any atom is 0.253 e. The molecule has 0 aromatic heterocycles. The maximum absolute atomic E-state index is 12.3. The third-order valence-corrected chi connectivity index (χ3v) is 3.46. The number of rotatable bonds is 1. The summed E-state index contributed by atoms with van der Waals surface area (Å²) in [6.07, 6.45) is 1.01. The van der Waals surface area contributed by atoms with Crippen molar-refractivity contribution in [3.8, 4) is 0 Å². The highest BCUT2D eigenvalue weighted by Crippen LogP contribution is 2.17. The number of nitrogens with one attached hydrogen (secondary N) is 1. The predicted molar refractivity (Wildman–Crippen MR) is 76.8 cm³/mol. The van der Waals surface area contributed by atoms with Gasteiger partial charge in [0.25, 0.3) is 5.91 Å². The zero-order valence-corrected chi connectivity index (χ0v) is 12.0. The van der Waals surface area contributed by atoms with Crippen molar-refractivity contribution in [3.05, 3.63) is 34.3 Å². The lowest BCUT2D eigenvalue weighted by molar-refractivity contribution is 0.0766. The molecule has 1 N–H and O–H groups in total. The standard InChI is InChI=1S/C13H17ClN2O.ClH/c1-10-9-11(3-4-12(10)14)13(17)16-7-2-5-15-6-8-16;/h3-4,9,15H,2,5-8H2,1H3;1H. The minimum atomic E-state index is 0. The minimum absolute atomic E-state index is 0. The number of hydrogen-bond acceptors (Lipinski definition) is 2. The van der Waals surface area contributed by atoms with E-state index in [0.29, 0.717) is 5.02 Å². The lowest BCUT2D eigenvalue weighted by atomic mass is 10.1. The van der Waals surface area contributed by atoms with E-state index in [-0.39, 0.29) is 18.3 Å². The molecule has 0 spiro atoms. The molecule has 0 saturated carbocycles. The Kier molecular flexibility index (Phi) is 5.93. The van der Waals surface area contributed by atoms with Gasteiger partial charge in [0, 0.05) is 30.2 Å². The third-order valence-electron chi connectivity index (χ3n) is 3.03. The van der Waals surface area contributed by atoms with Crippen molar-refractivity contribution in [2.75, 3.05) is 26.2 Å². The van der Waals surface area contributed by atoms with Crippen molar-refractivity contribution < 1.29 is 4.79 Å². The molecule has 1 saturated heterocycles. The minimum Gasteiger partial charge on any atom is -0.337 e. The Morgan fingerprint density at radius 3 is 2.83 bits per heavy atom. The van der Waals surface area contributed by atoms with E-state index in [0.717, 1.165) is 43.7 Å². The Bertz CT molecular complexity index is 415. The molecule has 0 atom stereocenters. The Hall–Kier alpha value is -0.770. The van der Waals surface area contributed by atoms with Gasteiger partial charge in [-0.3, -0.25) is 4.79 Å². The SMILES string of the molecule is Cc1cc(C(=O)N2CCCNCC2)ccc1Cl.Cl. The molecule has 18 heavy (non-hydrogen) atoms. The van der Waals surface area contributed by atoms with Gasteiger partial charge in [-0.15, -0.1) is 12.4 Å². The predicted octanol–water partition coefficient (Wildman–Crippen LogP) is 2.51. The molecule has 1 amide bonds. The van der Waals surface area contributed by atoms with E-state index in [4.69, 9.17) is 11.6 Å². The molecule has 1 heterocycles. The van der Waals surface area contributed by atoms with E-state index in [1.54, 1.807) is 12.1 Å². The van der Waals surface area contributed by atoms with Gasteiger partial charge in [-0.25, -0.2) is 0 Å². The molecule has 2 rings (SSSR count). The maximum atomic E-state index is 12.3. The molecule has 1 aromatic carbocycles. The van der Waals surface area contributed by atoms with Crippen LogP contribution < -0.4 is 5.32 Å². The first-order valence-electron chi connectivity index (χ1n) is 5.94. The summed E-state index contributed by atoms with van der Waals surface area (Å²) in [6, 6.07) is 5.46. The van der Waals surface area contributed by atoms with Crippen LogP contribution in [0.4, 0.5) is 0 Å². The molecular formula is C13H18Cl2N2O. The van der Waals surface area contributed by atoms with Gasteiger partial charge in [0.2, 0.25) is 0 Å². The van der Waals surface area contributed by atoms with Crippen molar-refractivity contribution in [3.63, 3.8) is 0 Å². The van der Waals surface area contributed by atoms with Gasteiger partial charge < -0.3 is 10.2 Å². The normalized spacial score (nSPS) is 15.8. The molecule has 0 bridgehead atoms. The number of amides is 1. The second-order valence-electron chi connectivity index (χ2n) is 4.36. The van der Waals surface area contributed by atoms with E-state index in [1.807, 2.05) is 17.9 Å². The fourth-order valence-electron chi connectivity index (χ4n) is 2.01. The van der Waals surface area contributed by atoms with E-state index in [9.17, 15) is 4.79 Å². The number of benzene rings is 1. The molecule has 1 aromatic rings. The number of aryl methyl sites for hydroxylation is 1. The van der Waals surface area contributed by atoms with E-state index < -0.39 is 0 Å². The van der Waals surface area contributed by atoms with Crippen LogP contribution in [0, 0.1) is 6.92 Å². The van der Waals surface area contributed by atoms with Crippen molar-refractivity contribution in [1.82, 2.24) is 10.2 Å². The Balaban J connectivity index is 0.00000162. The van der Waals surface area contributed by atoms with Crippen LogP contribution in [0.15, 0.2) is 18.2 Å². The van der Waals surface area contributed by atoms with E-state index >= 15 is 0 Å². The Morgan fingerprint density at radius 1 is 1.33 bits per heavy atom. The molecule has 1 aliphatic heterocycles. The fraction of sp³-hybridized carbons (Fsp3) is 0.462. The topological polar surface area (TPSA) is 32.3 Å². The molecular weight excluding hydrogens is 271 g/mol. The zero-order chi connectivity index (χ0) is 12.3. The highest BCUT2D eigenvalue weighted by Gasteiger charge is 2.17. The molecule has 0 unspecified atom stereocenters. The largest absolute Gasteiger partial charge is 0.337 e. The van der Waals surface area contributed by atoms with Crippen LogP contribution >= 0.6 is 24.0 Å². The van der Waals surface area contributed by atoms with Gasteiger partial charge in [-0.05, 0) is 43.7 Å². The first-order chi connectivity index (χ1) is 8.18. The lowest BCUT2D eigenvalue weighted by Gasteiger charge is -2.20. The van der Waals surface area contributed by atoms with Crippen molar-refractivity contribution in [2.24, 2.45) is 0 Å². The second-order valence-corrected chi connectivity index (χ2v) is 4.77. The van der Waals surface area contributed by atoms with Gasteiger partial charge in [0.05, 0.1) is 0 Å². The highest BCUT2D eigenvalue weighted by molar-refractivity contribution is 6.31. The number of nitrogens with zero attached hydrogens (tertiary/aromatic N) is 1. The van der Waals surface area contributed by atoms with Crippen LogP contribution in [0.25, 0.3) is 0 Å². The van der Waals surface area contributed by atoms with Crippen LogP contribution in [0.5, 0.6) is 0 Å². The van der Waals surface area contributed by atoms with Crippen LogP contribution in [0.1, 0.15) is 22.3 Å². The number of hydrogen-bond donors (Lipinski definition) is 1. The smallest absolute Gasteiger partial charge is 0.253 e. The van der Waals surface area contributed by atoms with Gasteiger partial charge in [0.1, 0.15) is 0 Å². The van der Waals surface area contributed by atoms with E-state index in [1.165, 1.54) is 0 Å². The summed E-state index contributed by atoms with van der Waals surface area (Å²) in [5.74, 6) is 0.105.